The Hall–Kier alpha value is -3.35. The topological polar surface area (TPSA) is 45.2 Å². The summed E-state index contributed by atoms with van der Waals surface area (Å²) in [5.41, 5.74) is 6.52. The van der Waals surface area contributed by atoms with Gasteiger partial charge in [-0.3, -0.25) is 4.79 Å². The molecule has 0 saturated carbocycles. The van der Waals surface area contributed by atoms with Gasteiger partial charge in [0.2, 0.25) is 0 Å². The number of hydrogen-bond acceptors (Lipinski definition) is 3. The fourth-order valence-corrected chi connectivity index (χ4v) is 5.49. The fraction of sp³-hybridized carbons (Fsp3) is 0.250. The average Bonchev–Trinajstić information content (AvgIpc) is 2.96. The van der Waals surface area contributed by atoms with Crippen LogP contribution < -0.4 is 10.8 Å². The second-order valence-corrected chi connectivity index (χ2v) is 11.0. The van der Waals surface area contributed by atoms with Crippen molar-refractivity contribution in [1.29, 1.82) is 0 Å². The van der Waals surface area contributed by atoms with Crippen LogP contribution in [0, 0.1) is 5.82 Å². The smallest absolute Gasteiger partial charge is 0.253 e. The van der Waals surface area contributed by atoms with Crippen molar-refractivity contribution >= 4 is 48.2 Å². The molecule has 0 aliphatic carbocycles. The molecule has 0 bridgehead atoms. The summed E-state index contributed by atoms with van der Waals surface area (Å²) < 4.78 is 14.1. The van der Waals surface area contributed by atoms with E-state index in [9.17, 15) is 9.18 Å². The molecular weight excluding hydrogens is 543 g/mol. The van der Waals surface area contributed by atoms with E-state index in [1.165, 1.54) is 23.2 Å². The number of halogens is 3. The predicted octanol–water partition coefficient (Wildman–Crippen LogP) is 6.89. The van der Waals surface area contributed by atoms with Gasteiger partial charge in [0.25, 0.3) is 5.91 Å². The van der Waals surface area contributed by atoms with Crippen LogP contribution in [0.4, 0.5) is 10.2 Å². The van der Waals surface area contributed by atoms with E-state index in [2.05, 4.69) is 50.2 Å². The standard InChI is InChI=1S/C32H33BCl2FN3O/c1-5-21-17-25(18-37-31(21)38-20(3)29-27(34)14-15-28(36)30(29)35)22-10-12-23(13-11-22)32(40)39(4)19(2)16-24-8-6-7-9-26(24)33/h6-15,17-20H,5,16,33H2,1-4H3,(H,37,38)/t19?,20-/m0/s1. The number of anilines is 1. The Morgan fingerprint density at radius 3 is 2.40 bits per heavy atom. The van der Waals surface area contributed by atoms with Gasteiger partial charge in [-0.2, -0.15) is 0 Å². The summed E-state index contributed by atoms with van der Waals surface area (Å²) in [6, 6.07) is 20.4. The molecule has 1 aromatic heterocycles. The van der Waals surface area contributed by atoms with Crippen LogP contribution in [0.25, 0.3) is 11.1 Å². The number of hydrogen-bond donors (Lipinski definition) is 1. The number of aromatic nitrogens is 1. The number of benzene rings is 3. The molecule has 1 unspecified atom stereocenters. The highest BCUT2D eigenvalue weighted by Gasteiger charge is 2.20. The lowest BCUT2D eigenvalue weighted by Gasteiger charge is -2.26. The van der Waals surface area contributed by atoms with Gasteiger partial charge in [-0.15, -0.1) is 0 Å². The minimum absolute atomic E-state index is 0.00650. The monoisotopic (exact) mass is 575 g/mol. The van der Waals surface area contributed by atoms with E-state index in [0.29, 0.717) is 22.0 Å². The van der Waals surface area contributed by atoms with E-state index >= 15 is 0 Å². The SMILES string of the molecule is Bc1ccccc1CC(C)N(C)C(=O)c1ccc(-c2cnc(N[C@@H](C)c3c(Cl)ccc(F)c3Cl)c(CC)c2)cc1. The molecule has 1 N–H and O–H groups in total. The number of nitrogens with one attached hydrogen (secondary N) is 1. The molecule has 3 aromatic carbocycles. The van der Waals surface area contributed by atoms with Crippen molar-refractivity contribution in [2.45, 2.75) is 45.7 Å². The van der Waals surface area contributed by atoms with Gasteiger partial charge in [-0.05, 0) is 68.1 Å². The van der Waals surface area contributed by atoms with Crippen LogP contribution in [0.5, 0.6) is 0 Å². The zero-order chi connectivity index (χ0) is 29.0. The fourth-order valence-electron chi connectivity index (χ4n) is 4.79. The molecule has 40 heavy (non-hydrogen) atoms. The molecule has 0 fully saturated rings. The molecule has 4 nitrogen and oxygen atoms in total. The molecule has 0 saturated heterocycles. The third-order valence-electron chi connectivity index (χ3n) is 7.44. The summed E-state index contributed by atoms with van der Waals surface area (Å²) in [5.74, 6) is 0.164. The normalized spacial score (nSPS) is 12.6. The van der Waals surface area contributed by atoms with Crippen LogP contribution in [0.15, 0.2) is 72.9 Å². The molecule has 0 aliphatic rings. The number of nitrogens with zero attached hydrogens (tertiary/aromatic N) is 2. The van der Waals surface area contributed by atoms with E-state index in [4.69, 9.17) is 23.2 Å². The molecule has 1 heterocycles. The molecule has 2 atom stereocenters. The zero-order valence-corrected chi connectivity index (χ0v) is 24.9. The summed E-state index contributed by atoms with van der Waals surface area (Å²) in [5, 5.41) is 3.74. The summed E-state index contributed by atoms with van der Waals surface area (Å²) in [6.07, 6.45) is 3.33. The van der Waals surface area contributed by atoms with Gasteiger partial charge in [0.05, 0.1) is 11.1 Å². The van der Waals surface area contributed by atoms with Crippen molar-refractivity contribution in [2.75, 3.05) is 12.4 Å². The molecule has 4 rings (SSSR count). The van der Waals surface area contributed by atoms with Crippen molar-refractivity contribution < 1.29 is 9.18 Å². The van der Waals surface area contributed by atoms with Crippen molar-refractivity contribution in [3.8, 4) is 11.1 Å². The molecule has 206 valence electrons. The van der Waals surface area contributed by atoms with Gasteiger partial charge in [-0.1, -0.05) is 77.6 Å². The maximum atomic E-state index is 14.1. The third kappa shape index (κ3) is 6.51. The van der Waals surface area contributed by atoms with Crippen molar-refractivity contribution in [3.63, 3.8) is 0 Å². The van der Waals surface area contributed by atoms with Crippen LogP contribution in [0.1, 0.15) is 53.9 Å². The van der Waals surface area contributed by atoms with Crippen LogP contribution in [-0.2, 0) is 12.8 Å². The first-order valence-corrected chi connectivity index (χ1v) is 14.2. The third-order valence-corrected chi connectivity index (χ3v) is 8.15. The molecule has 0 spiro atoms. The highest BCUT2D eigenvalue weighted by atomic mass is 35.5. The Kier molecular flexibility index (Phi) is 9.54. The van der Waals surface area contributed by atoms with Crippen LogP contribution >= 0.6 is 23.2 Å². The van der Waals surface area contributed by atoms with Gasteiger partial charge >= 0.3 is 0 Å². The Labute approximate surface area is 247 Å². The molecule has 4 aromatic rings. The molecule has 1 amide bonds. The lowest BCUT2D eigenvalue weighted by molar-refractivity contribution is 0.0743. The first-order chi connectivity index (χ1) is 19.1. The lowest BCUT2D eigenvalue weighted by atomic mass is 9.87. The van der Waals surface area contributed by atoms with Crippen molar-refractivity contribution in [2.24, 2.45) is 0 Å². The maximum absolute atomic E-state index is 14.1. The van der Waals surface area contributed by atoms with Crippen LogP contribution in [0.2, 0.25) is 10.0 Å². The van der Waals surface area contributed by atoms with Crippen LogP contribution in [-0.4, -0.2) is 36.7 Å². The van der Waals surface area contributed by atoms with E-state index in [0.717, 1.165) is 29.5 Å². The van der Waals surface area contributed by atoms with E-state index in [1.54, 1.807) is 11.1 Å². The van der Waals surface area contributed by atoms with Crippen molar-refractivity contribution in [1.82, 2.24) is 9.88 Å². The Morgan fingerprint density at radius 2 is 1.73 bits per heavy atom. The molecular formula is C32H33BCl2FN3O. The van der Waals surface area contributed by atoms with Crippen LogP contribution in [0.3, 0.4) is 0 Å². The number of amides is 1. The Balaban J connectivity index is 1.48. The molecule has 0 radical (unpaired) electrons. The predicted molar refractivity (Wildman–Crippen MR) is 167 cm³/mol. The van der Waals surface area contributed by atoms with E-state index < -0.39 is 5.82 Å². The minimum atomic E-state index is -0.511. The first kappa shape index (κ1) is 29.6. The highest BCUT2D eigenvalue weighted by molar-refractivity contribution is 6.36. The van der Waals surface area contributed by atoms with Gasteiger partial charge in [-0.25, -0.2) is 9.37 Å². The lowest BCUT2D eigenvalue weighted by Crippen LogP contribution is -2.37. The number of carbonyl (C=O) groups excluding carboxylic acids is 1. The number of likely N-dealkylation sites (N-methyl/N-ethyl adjacent to an activating group) is 1. The average molecular weight is 576 g/mol. The first-order valence-electron chi connectivity index (χ1n) is 13.4. The quantitative estimate of drug-likeness (QED) is 0.174. The number of pyridine rings is 1. The maximum Gasteiger partial charge on any atom is 0.253 e. The Bertz CT molecular complexity index is 1510. The summed E-state index contributed by atoms with van der Waals surface area (Å²) in [4.78, 5) is 19.7. The second-order valence-electron chi connectivity index (χ2n) is 10.2. The zero-order valence-electron chi connectivity index (χ0n) is 23.4. The van der Waals surface area contributed by atoms with Crippen molar-refractivity contribution in [3.05, 3.63) is 111 Å². The number of aryl methyl sites for hydroxylation is 1. The molecule has 8 heteroatoms. The van der Waals surface area contributed by atoms with Gasteiger partial charge in [0, 0.05) is 41.0 Å². The van der Waals surface area contributed by atoms with Gasteiger partial charge in [0.1, 0.15) is 19.5 Å². The largest absolute Gasteiger partial charge is 0.363 e. The summed E-state index contributed by atoms with van der Waals surface area (Å²) >= 11 is 12.5. The van der Waals surface area contributed by atoms with Gasteiger partial charge < -0.3 is 10.2 Å². The van der Waals surface area contributed by atoms with Gasteiger partial charge in [0.15, 0.2) is 0 Å². The highest BCUT2D eigenvalue weighted by Crippen LogP contribution is 2.35. The second kappa shape index (κ2) is 12.9. The number of rotatable bonds is 9. The summed E-state index contributed by atoms with van der Waals surface area (Å²) in [6.45, 7) is 5.99. The molecule has 0 aliphatic heterocycles. The number of carbonyl (C=O) groups is 1. The van der Waals surface area contributed by atoms with E-state index in [1.807, 2.05) is 50.4 Å². The van der Waals surface area contributed by atoms with E-state index in [-0.39, 0.29) is 23.0 Å². The Morgan fingerprint density at radius 1 is 1.02 bits per heavy atom. The minimum Gasteiger partial charge on any atom is -0.363 e. The summed E-state index contributed by atoms with van der Waals surface area (Å²) in [7, 11) is 3.95.